The van der Waals surface area contributed by atoms with Crippen molar-refractivity contribution in [3.63, 3.8) is 0 Å². The first-order valence-corrected chi connectivity index (χ1v) is 7.80. The van der Waals surface area contributed by atoms with Crippen LogP contribution in [0.2, 0.25) is 0 Å². The zero-order valence-electron chi connectivity index (χ0n) is 14.5. The number of rotatable bonds is 10. The smallest absolute Gasteiger partial charge is 0.391 e. The van der Waals surface area contributed by atoms with Crippen molar-refractivity contribution in [2.24, 2.45) is 0 Å². The van der Waals surface area contributed by atoms with Gasteiger partial charge in [-0.05, 0) is 24.6 Å². The van der Waals surface area contributed by atoms with Crippen molar-refractivity contribution in [2.45, 2.75) is 50.8 Å². The monoisotopic (exact) mass is 421 g/mol. The Hall–Kier alpha value is -2.08. The van der Waals surface area contributed by atoms with Crippen LogP contribution < -0.4 is 10.1 Å². The number of carbonyl (C=O) groups excluding carboxylic acids is 1. The number of carbonyl (C=O) groups is 1. The van der Waals surface area contributed by atoms with E-state index in [0.29, 0.717) is 0 Å². The third kappa shape index (κ3) is 9.74. The third-order valence-corrected chi connectivity index (χ3v) is 3.33. The van der Waals surface area contributed by atoms with Crippen LogP contribution in [0.15, 0.2) is 24.3 Å². The number of ether oxygens (including phenoxy) is 2. The SMILES string of the molecule is C[C@](O)(CC(=O)N[C@@H](COC(F)F)c1cccc(OC(F)F)c1)CC(F)(F)F. The van der Waals surface area contributed by atoms with E-state index in [-0.39, 0.29) is 11.3 Å². The Bertz CT molecular complexity index is 638. The molecular weight excluding hydrogens is 403 g/mol. The summed E-state index contributed by atoms with van der Waals surface area (Å²) in [4.78, 5) is 12.0. The largest absolute Gasteiger partial charge is 0.435 e. The van der Waals surface area contributed by atoms with Gasteiger partial charge in [0.1, 0.15) is 5.75 Å². The molecule has 0 radical (unpaired) electrons. The molecule has 2 atom stereocenters. The molecule has 0 saturated heterocycles. The fraction of sp³-hybridized carbons (Fsp3) is 0.562. The lowest BCUT2D eigenvalue weighted by Gasteiger charge is -2.26. The topological polar surface area (TPSA) is 67.8 Å². The number of halogens is 7. The molecule has 1 amide bonds. The molecule has 160 valence electrons. The lowest BCUT2D eigenvalue weighted by atomic mass is 9.97. The van der Waals surface area contributed by atoms with Gasteiger partial charge in [-0.3, -0.25) is 4.79 Å². The van der Waals surface area contributed by atoms with Crippen LogP contribution in [0.5, 0.6) is 5.75 Å². The third-order valence-electron chi connectivity index (χ3n) is 3.33. The predicted octanol–water partition coefficient (Wildman–Crippen LogP) is 3.78. The number of amides is 1. The molecular formula is C16H18F7NO4. The second-order valence-corrected chi connectivity index (χ2v) is 6.13. The lowest BCUT2D eigenvalue weighted by molar-refractivity contribution is -0.175. The van der Waals surface area contributed by atoms with Crippen molar-refractivity contribution in [1.82, 2.24) is 5.32 Å². The van der Waals surface area contributed by atoms with Crippen molar-refractivity contribution < 1.29 is 50.1 Å². The summed E-state index contributed by atoms with van der Waals surface area (Å²) in [6.07, 6.45) is -7.38. The molecule has 0 bridgehead atoms. The van der Waals surface area contributed by atoms with Crippen LogP contribution in [0.25, 0.3) is 0 Å². The number of hydrogen-bond acceptors (Lipinski definition) is 4. The highest BCUT2D eigenvalue weighted by atomic mass is 19.4. The summed E-state index contributed by atoms with van der Waals surface area (Å²) in [5, 5.41) is 11.9. The molecule has 0 heterocycles. The van der Waals surface area contributed by atoms with Gasteiger partial charge in [-0.25, -0.2) is 0 Å². The minimum absolute atomic E-state index is 0.0302. The van der Waals surface area contributed by atoms with Crippen LogP contribution in [-0.2, 0) is 9.53 Å². The molecule has 0 saturated carbocycles. The summed E-state index contributed by atoms with van der Waals surface area (Å²) in [5.41, 5.74) is -2.40. The van der Waals surface area contributed by atoms with E-state index in [4.69, 9.17) is 0 Å². The van der Waals surface area contributed by atoms with E-state index < -0.39 is 56.4 Å². The quantitative estimate of drug-likeness (QED) is 0.565. The zero-order chi connectivity index (χ0) is 21.5. The van der Waals surface area contributed by atoms with E-state index in [9.17, 15) is 40.6 Å². The molecule has 1 aromatic carbocycles. The van der Waals surface area contributed by atoms with Crippen molar-refractivity contribution in [1.29, 1.82) is 0 Å². The molecule has 0 spiro atoms. The Balaban J connectivity index is 2.91. The van der Waals surface area contributed by atoms with E-state index in [2.05, 4.69) is 14.8 Å². The van der Waals surface area contributed by atoms with E-state index in [1.807, 2.05) is 0 Å². The van der Waals surface area contributed by atoms with Crippen molar-refractivity contribution in [3.05, 3.63) is 29.8 Å². The van der Waals surface area contributed by atoms with E-state index in [1.54, 1.807) is 0 Å². The molecule has 1 aromatic rings. The van der Waals surface area contributed by atoms with Crippen molar-refractivity contribution in [2.75, 3.05) is 6.61 Å². The molecule has 0 fully saturated rings. The van der Waals surface area contributed by atoms with E-state index in [1.165, 1.54) is 12.1 Å². The maximum absolute atomic E-state index is 12.4. The first kappa shape index (κ1) is 24.0. The van der Waals surface area contributed by atoms with Gasteiger partial charge < -0.3 is 19.9 Å². The van der Waals surface area contributed by atoms with E-state index in [0.717, 1.165) is 19.1 Å². The van der Waals surface area contributed by atoms with Crippen LogP contribution in [0, 0.1) is 0 Å². The summed E-state index contributed by atoms with van der Waals surface area (Å²) in [6, 6.07) is 3.39. The maximum atomic E-state index is 12.4. The molecule has 5 nitrogen and oxygen atoms in total. The maximum Gasteiger partial charge on any atom is 0.391 e. The average Bonchev–Trinajstić information content (AvgIpc) is 2.47. The van der Waals surface area contributed by atoms with Gasteiger partial charge in [0.2, 0.25) is 5.91 Å². The number of aliphatic hydroxyl groups is 1. The Morgan fingerprint density at radius 3 is 2.36 bits per heavy atom. The second-order valence-electron chi connectivity index (χ2n) is 6.13. The Labute approximate surface area is 155 Å². The summed E-state index contributed by atoms with van der Waals surface area (Å²) in [6.45, 7) is -6.38. The molecule has 0 aliphatic rings. The first-order valence-electron chi connectivity index (χ1n) is 7.80. The van der Waals surface area contributed by atoms with Crippen molar-refractivity contribution >= 4 is 5.91 Å². The number of hydrogen-bond donors (Lipinski definition) is 2. The standard InChI is InChI=1S/C16H18F7NO4/c1-15(26,8-16(21,22)23)6-12(25)24-11(7-27-13(17)18)9-3-2-4-10(5-9)28-14(19)20/h2-5,11,13-14,26H,6-8H2,1H3,(H,24,25)/t11-,15-/m0/s1. The molecule has 0 aliphatic heterocycles. The number of alkyl halides is 7. The predicted molar refractivity (Wildman–Crippen MR) is 81.8 cm³/mol. The zero-order valence-corrected chi connectivity index (χ0v) is 14.5. The van der Waals surface area contributed by atoms with Gasteiger partial charge in [0.05, 0.1) is 31.1 Å². The number of nitrogens with one attached hydrogen (secondary N) is 1. The molecule has 0 unspecified atom stereocenters. The highest BCUT2D eigenvalue weighted by Gasteiger charge is 2.39. The normalized spacial score (nSPS) is 15.4. The van der Waals surface area contributed by atoms with Gasteiger partial charge in [-0.2, -0.15) is 30.7 Å². The fourth-order valence-corrected chi connectivity index (χ4v) is 2.38. The molecule has 1 rings (SSSR count). The minimum atomic E-state index is -4.73. The second kappa shape index (κ2) is 9.92. The minimum Gasteiger partial charge on any atom is -0.435 e. The first-order chi connectivity index (χ1) is 12.8. The Kier molecular flexibility index (Phi) is 8.48. The van der Waals surface area contributed by atoms with Crippen LogP contribution in [-0.4, -0.2) is 42.6 Å². The highest BCUT2D eigenvalue weighted by molar-refractivity contribution is 5.77. The summed E-state index contributed by atoms with van der Waals surface area (Å²) in [7, 11) is 0. The van der Waals surface area contributed by atoms with Crippen LogP contribution in [0.3, 0.4) is 0 Å². The molecule has 28 heavy (non-hydrogen) atoms. The van der Waals surface area contributed by atoms with Crippen LogP contribution >= 0.6 is 0 Å². The van der Waals surface area contributed by atoms with E-state index >= 15 is 0 Å². The molecule has 2 N–H and O–H groups in total. The molecule has 0 aliphatic carbocycles. The Morgan fingerprint density at radius 1 is 1.18 bits per heavy atom. The molecule has 0 aromatic heterocycles. The van der Waals surface area contributed by atoms with Crippen LogP contribution in [0.4, 0.5) is 30.7 Å². The Morgan fingerprint density at radius 2 is 1.82 bits per heavy atom. The van der Waals surface area contributed by atoms with Gasteiger partial charge in [0, 0.05) is 0 Å². The summed E-state index contributed by atoms with van der Waals surface area (Å²) in [5.74, 6) is -1.41. The average molecular weight is 421 g/mol. The lowest BCUT2D eigenvalue weighted by Crippen LogP contribution is -2.40. The molecule has 12 heteroatoms. The van der Waals surface area contributed by atoms with Crippen LogP contribution in [0.1, 0.15) is 31.4 Å². The van der Waals surface area contributed by atoms with Gasteiger partial charge in [0.25, 0.3) is 0 Å². The van der Waals surface area contributed by atoms with Crippen molar-refractivity contribution in [3.8, 4) is 5.75 Å². The van der Waals surface area contributed by atoms with Gasteiger partial charge in [-0.15, -0.1) is 0 Å². The highest BCUT2D eigenvalue weighted by Crippen LogP contribution is 2.30. The fourth-order valence-electron chi connectivity index (χ4n) is 2.38. The summed E-state index contributed by atoms with van der Waals surface area (Å²) >= 11 is 0. The summed E-state index contributed by atoms with van der Waals surface area (Å²) < 4.78 is 94.8. The van der Waals surface area contributed by atoms with Gasteiger partial charge in [0.15, 0.2) is 0 Å². The number of benzene rings is 1. The van der Waals surface area contributed by atoms with Gasteiger partial charge >= 0.3 is 19.4 Å². The van der Waals surface area contributed by atoms with Gasteiger partial charge in [-0.1, -0.05) is 12.1 Å².